The maximum absolute atomic E-state index is 12.7. The molecule has 0 unspecified atom stereocenters. The topological polar surface area (TPSA) is 44.1 Å². The minimum Gasteiger partial charge on any atom is -0.339 e. The van der Waals surface area contributed by atoms with E-state index in [0.29, 0.717) is 5.56 Å². The van der Waals surface area contributed by atoms with Gasteiger partial charge >= 0.3 is 0 Å². The fourth-order valence-corrected chi connectivity index (χ4v) is 3.61. The van der Waals surface area contributed by atoms with Gasteiger partial charge < -0.3 is 4.90 Å². The summed E-state index contributed by atoms with van der Waals surface area (Å²) in [5.41, 5.74) is 1.36. The number of benzene rings is 2. The number of hydrogen-bond acceptors (Lipinski definition) is 3. The Hall–Kier alpha value is -2.25. The van der Waals surface area contributed by atoms with Gasteiger partial charge in [-0.2, -0.15) is 5.26 Å². The molecule has 0 aromatic heterocycles. The lowest BCUT2D eigenvalue weighted by Gasteiger charge is -2.17. The molecule has 0 saturated carbocycles. The molecule has 0 bridgehead atoms. The summed E-state index contributed by atoms with van der Waals surface area (Å²) in [5.74, 6) is 0.0926. The van der Waals surface area contributed by atoms with Crippen molar-refractivity contribution in [1.82, 2.24) is 4.90 Å². The van der Waals surface area contributed by atoms with Crippen LogP contribution < -0.4 is 0 Å². The number of nitriles is 1. The molecule has 3 nitrogen and oxygen atoms in total. The Labute approximate surface area is 134 Å². The van der Waals surface area contributed by atoms with Gasteiger partial charge in [0.1, 0.15) is 6.07 Å². The molecule has 2 aromatic rings. The maximum Gasteiger partial charge on any atom is 0.255 e. The predicted octanol–water partition coefficient (Wildman–Crippen LogP) is 3.95. The Balaban J connectivity index is 1.91. The summed E-state index contributed by atoms with van der Waals surface area (Å²) in [6, 6.07) is 17.3. The third-order valence-corrected chi connectivity index (χ3v) is 4.89. The lowest BCUT2D eigenvalue weighted by molar-refractivity contribution is 0.0789. The van der Waals surface area contributed by atoms with Gasteiger partial charge in [0.2, 0.25) is 0 Å². The summed E-state index contributed by atoms with van der Waals surface area (Å²) >= 11 is 1.48. The molecule has 4 heteroatoms. The summed E-state index contributed by atoms with van der Waals surface area (Å²) in [6.07, 6.45) is 2.16. The van der Waals surface area contributed by atoms with E-state index in [4.69, 9.17) is 0 Å². The van der Waals surface area contributed by atoms with Crippen LogP contribution in [0.3, 0.4) is 0 Å². The van der Waals surface area contributed by atoms with Gasteiger partial charge in [-0.15, -0.1) is 0 Å². The minimum atomic E-state index is 0.0926. The van der Waals surface area contributed by atoms with E-state index in [2.05, 4.69) is 6.07 Å². The van der Waals surface area contributed by atoms with E-state index in [0.717, 1.165) is 41.3 Å². The fraction of sp³-hybridized carbons (Fsp3) is 0.222. The van der Waals surface area contributed by atoms with Gasteiger partial charge in [0.25, 0.3) is 5.91 Å². The lowest BCUT2D eigenvalue weighted by atomic mass is 10.2. The second-order valence-corrected chi connectivity index (χ2v) is 6.29. The van der Waals surface area contributed by atoms with Crippen molar-refractivity contribution in [2.24, 2.45) is 0 Å². The molecule has 1 aliphatic rings. The zero-order chi connectivity index (χ0) is 15.4. The Morgan fingerprint density at radius 2 is 1.64 bits per heavy atom. The first-order chi connectivity index (χ1) is 10.8. The molecule has 2 aromatic carbocycles. The molecule has 0 radical (unpaired) electrons. The smallest absolute Gasteiger partial charge is 0.255 e. The van der Waals surface area contributed by atoms with Gasteiger partial charge in [0, 0.05) is 22.9 Å². The second kappa shape index (κ2) is 6.67. The molecular weight excluding hydrogens is 292 g/mol. The van der Waals surface area contributed by atoms with Crippen LogP contribution in [0.25, 0.3) is 0 Å². The van der Waals surface area contributed by atoms with Gasteiger partial charge in [0.05, 0.1) is 11.1 Å². The van der Waals surface area contributed by atoms with Crippen LogP contribution in [0, 0.1) is 11.3 Å². The summed E-state index contributed by atoms with van der Waals surface area (Å²) < 4.78 is 0. The summed E-state index contributed by atoms with van der Waals surface area (Å²) in [6.45, 7) is 1.68. The van der Waals surface area contributed by atoms with E-state index in [1.54, 1.807) is 6.07 Å². The third kappa shape index (κ3) is 3.00. The quantitative estimate of drug-likeness (QED) is 0.862. The number of rotatable bonds is 3. The second-order valence-electron chi connectivity index (χ2n) is 5.21. The fourth-order valence-electron chi connectivity index (χ4n) is 2.59. The molecule has 0 atom stereocenters. The number of amides is 1. The van der Waals surface area contributed by atoms with Crippen molar-refractivity contribution < 1.29 is 4.79 Å². The highest BCUT2D eigenvalue weighted by molar-refractivity contribution is 7.99. The average molecular weight is 308 g/mol. The van der Waals surface area contributed by atoms with Crippen LogP contribution in [0.1, 0.15) is 28.8 Å². The van der Waals surface area contributed by atoms with E-state index >= 15 is 0 Å². The van der Waals surface area contributed by atoms with Crippen LogP contribution in [-0.2, 0) is 0 Å². The highest BCUT2D eigenvalue weighted by atomic mass is 32.2. The first-order valence-electron chi connectivity index (χ1n) is 7.35. The van der Waals surface area contributed by atoms with Crippen molar-refractivity contribution in [3.63, 3.8) is 0 Å². The van der Waals surface area contributed by atoms with E-state index < -0.39 is 0 Å². The molecule has 1 amide bonds. The number of likely N-dealkylation sites (tertiary alicyclic amines) is 1. The van der Waals surface area contributed by atoms with Gasteiger partial charge in [-0.1, -0.05) is 36.0 Å². The van der Waals surface area contributed by atoms with Gasteiger partial charge in [0.15, 0.2) is 0 Å². The molecular formula is C18H16N2OS. The maximum atomic E-state index is 12.7. The molecule has 1 aliphatic heterocycles. The molecule has 3 rings (SSSR count). The SMILES string of the molecule is N#Cc1ccccc1Sc1ccccc1C(=O)N1CCCC1. The summed E-state index contributed by atoms with van der Waals surface area (Å²) in [5, 5.41) is 9.21. The molecule has 1 heterocycles. The zero-order valence-electron chi connectivity index (χ0n) is 12.2. The molecule has 0 spiro atoms. The van der Waals surface area contributed by atoms with Crippen molar-refractivity contribution in [2.75, 3.05) is 13.1 Å². The van der Waals surface area contributed by atoms with Crippen molar-refractivity contribution in [2.45, 2.75) is 22.6 Å². The van der Waals surface area contributed by atoms with Crippen LogP contribution in [-0.4, -0.2) is 23.9 Å². The van der Waals surface area contributed by atoms with Gasteiger partial charge in [-0.25, -0.2) is 0 Å². The number of carbonyl (C=O) groups excluding carboxylic acids is 1. The Bertz CT molecular complexity index is 730. The Morgan fingerprint density at radius 3 is 2.36 bits per heavy atom. The van der Waals surface area contributed by atoms with Crippen LogP contribution in [0.2, 0.25) is 0 Å². The van der Waals surface area contributed by atoms with E-state index in [9.17, 15) is 10.1 Å². The Morgan fingerprint density at radius 1 is 1.00 bits per heavy atom. The molecule has 0 N–H and O–H groups in total. The molecule has 1 fully saturated rings. The van der Waals surface area contributed by atoms with Gasteiger partial charge in [-0.3, -0.25) is 4.79 Å². The molecule has 0 aliphatic carbocycles. The first-order valence-corrected chi connectivity index (χ1v) is 8.16. The first kappa shape index (κ1) is 14.7. The average Bonchev–Trinajstić information content (AvgIpc) is 3.10. The molecule has 1 saturated heterocycles. The normalized spacial score (nSPS) is 13.9. The highest BCUT2D eigenvalue weighted by Crippen LogP contribution is 2.33. The summed E-state index contributed by atoms with van der Waals surface area (Å²) in [4.78, 5) is 16.4. The zero-order valence-corrected chi connectivity index (χ0v) is 13.0. The predicted molar refractivity (Wildman–Crippen MR) is 86.9 cm³/mol. The van der Waals surface area contributed by atoms with Crippen LogP contribution in [0.5, 0.6) is 0 Å². The standard InChI is InChI=1S/C18H16N2OS/c19-13-14-7-1-3-9-16(14)22-17-10-4-2-8-15(17)18(21)20-11-5-6-12-20/h1-4,7-10H,5-6,11-12H2. The van der Waals surface area contributed by atoms with Crippen molar-refractivity contribution in [3.8, 4) is 6.07 Å². The van der Waals surface area contributed by atoms with Crippen LogP contribution >= 0.6 is 11.8 Å². The van der Waals surface area contributed by atoms with E-state index in [1.165, 1.54) is 11.8 Å². The van der Waals surface area contributed by atoms with Crippen molar-refractivity contribution >= 4 is 17.7 Å². The number of nitrogens with zero attached hydrogens (tertiary/aromatic N) is 2. The van der Waals surface area contributed by atoms with E-state index in [1.807, 2.05) is 47.4 Å². The van der Waals surface area contributed by atoms with Crippen molar-refractivity contribution in [1.29, 1.82) is 5.26 Å². The number of hydrogen-bond donors (Lipinski definition) is 0. The Kier molecular flexibility index (Phi) is 4.45. The molecule has 110 valence electrons. The summed E-state index contributed by atoms with van der Waals surface area (Å²) in [7, 11) is 0. The monoisotopic (exact) mass is 308 g/mol. The van der Waals surface area contributed by atoms with Crippen LogP contribution in [0.4, 0.5) is 0 Å². The minimum absolute atomic E-state index is 0.0926. The third-order valence-electron chi connectivity index (χ3n) is 3.74. The largest absolute Gasteiger partial charge is 0.339 e. The van der Waals surface area contributed by atoms with Crippen molar-refractivity contribution in [3.05, 3.63) is 59.7 Å². The molecule has 22 heavy (non-hydrogen) atoms. The van der Waals surface area contributed by atoms with E-state index in [-0.39, 0.29) is 5.91 Å². The highest BCUT2D eigenvalue weighted by Gasteiger charge is 2.22. The van der Waals surface area contributed by atoms with Gasteiger partial charge in [-0.05, 0) is 37.1 Å². The number of carbonyl (C=O) groups is 1. The van der Waals surface area contributed by atoms with Crippen LogP contribution in [0.15, 0.2) is 58.3 Å². The lowest BCUT2D eigenvalue weighted by Crippen LogP contribution is -2.27.